The van der Waals surface area contributed by atoms with Crippen LogP contribution < -0.4 is 0 Å². The van der Waals surface area contributed by atoms with Crippen molar-refractivity contribution in [1.82, 2.24) is 20.0 Å². The number of likely N-dealkylation sites (N-methyl/N-ethyl adjacent to an activating group) is 1. The van der Waals surface area contributed by atoms with Gasteiger partial charge in [0.15, 0.2) is 0 Å². The number of carbonyl (C=O) groups excluding carboxylic acids is 2. The molecule has 0 aromatic carbocycles. The van der Waals surface area contributed by atoms with Crippen LogP contribution in [0.2, 0.25) is 0 Å². The molecule has 3 heterocycles. The Morgan fingerprint density at radius 1 is 1.46 bits per heavy atom. The van der Waals surface area contributed by atoms with Gasteiger partial charge in [-0.25, -0.2) is 14.7 Å². The molecule has 0 unspecified atom stereocenters. The highest BCUT2D eigenvalue weighted by atomic mass is 16.6. The van der Waals surface area contributed by atoms with Crippen LogP contribution in [-0.4, -0.2) is 69.1 Å². The van der Waals surface area contributed by atoms with Gasteiger partial charge in [0, 0.05) is 32.6 Å². The largest absolute Gasteiger partial charge is 0.444 e. The average Bonchev–Trinajstić information content (AvgIpc) is 3.12. The van der Waals surface area contributed by atoms with E-state index in [1.165, 1.54) is 4.90 Å². The van der Waals surface area contributed by atoms with Gasteiger partial charge in [0.25, 0.3) is 0 Å². The summed E-state index contributed by atoms with van der Waals surface area (Å²) < 4.78 is 10.8. The first-order valence-corrected chi connectivity index (χ1v) is 9.78. The molecule has 1 aromatic rings. The van der Waals surface area contributed by atoms with E-state index in [0.717, 1.165) is 24.3 Å². The van der Waals surface area contributed by atoms with E-state index >= 15 is 0 Å². The third-order valence-corrected chi connectivity index (χ3v) is 6.00. The minimum Gasteiger partial charge on any atom is -0.444 e. The van der Waals surface area contributed by atoms with Crippen LogP contribution in [0, 0.1) is 5.41 Å². The topological polar surface area (TPSA) is 99.4 Å². The molecule has 1 aliphatic carbocycles. The summed E-state index contributed by atoms with van der Waals surface area (Å²) in [6.07, 6.45) is 2.97. The Morgan fingerprint density at radius 2 is 2.18 bits per heavy atom. The Bertz CT molecular complexity index is 782. The van der Waals surface area contributed by atoms with Crippen molar-refractivity contribution in [1.29, 1.82) is 0 Å². The molecule has 2 saturated heterocycles. The molecule has 3 fully saturated rings. The van der Waals surface area contributed by atoms with Crippen LogP contribution in [-0.2, 0) is 11.2 Å². The average molecular weight is 392 g/mol. The van der Waals surface area contributed by atoms with Gasteiger partial charge in [-0.3, -0.25) is 5.21 Å². The third-order valence-electron chi connectivity index (χ3n) is 6.00. The Labute approximate surface area is 164 Å². The number of nitrogens with zero attached hydrogens (tertiary/aromatic N) is 4. The van der Waals surface area contributed by atoms with Crippen molar-refractivity contribution in [2.75, 3.05) is 20.1 Å². The highest BCUT2D eigenvalue weighted by Gasteiger charge is 2.63. The van der Waals surface area contributed by atoms with E-state index < -0.39 is 5.60 Å². The van der Waals surface area contributed by atoms with Crippen LogP contribution in [0.3, 0.4) is 0 Å². The normalized spacial score (nSPS) is 25.4. The monoisotopic (exact) mass is 392 g/mol. The number of carbonyl (C=O) groups is 2. The Hall–Kier alpha value is -2.29. The van der Waals surface area contributed by atoms with E-state index in [9.17, 15) is 14.8 Å². The molecular formula is C19H28N4O5. The van der Waals surface area contributed by atoms with Crippen LogP contribution in [0.1, 0.15) is 57.5 Å². The zero-order valence-corrected chi connectivity index (χ0v) is 16.8. The molecule has 1 saturated carbocycles. The van der Waals surface area contributed by atoms with Gasteiger partial charge < -0.3 is 19.1 Å². The molecule has 1 N–H and O–H groups in total. The molecule has 2 bridgehead atoms. The number of piperidine rings is 1. The number of hydrogen-bond donors (Lipinski definition) is 1. The summed E-state index contributed by atoms with van der Waals surface area (Å²) in [7, 11) is 1.68. The summed E-state index contributed by atoms with van der Waals surface area (Å²) in [5, 5.41) is 15.2. The van der Waals surface area contributed by atoms with Crippen molar-refractivity contribution in [3.8, 4) is 0 Å². The van der Waals surface area contributed by atoms with E-state index in [-0.39, 0.29) is 29.6 Å². The summed E-state index contributed by atoms with van der Waals surface area (Å²) in [4.78, 5) is 27.6. The molecule has 9 heteroatoms. The highest BCUT2D eigenvalue weighted by Crippen LogP contribution is 2.61. The van der Waals surface area contributed by atoms with Crippen LogP contribution in [0.5, 0.6) is 0 Å². The first-order valence-electron chi connectivity index (χ1n) is 9.78. The van der Waals surface area contributed by atoms with Gasteiger partial charge in [-0.2, -0.15) is 0 Å². The summed E-state index contributed by atoms with van der Waals surface area (Å²) in [6.45, 7) is 6.46. The van der Waals surface area contributed by atoms with E-state index in [0.29, 0.717) is 31.0 Å². The molecule has 9 nitrogen and oxygen atoms in total. The lowest BCUT2D eigenvalue weighted by atomic mass is 9.84. The molecule has 1 aromatic heterocycles. The summed E-state index contributed by atoms with van der Waals surface area (Å²) in [5.41, 5.74) is 0.187. The van der Waals surface area contributed by atoms with Gasteiger partial charge in [0.2, 0.25) is 0 Å². The summed E-state index contributed by atoms with van der Waals surface area (Å²) >= 11 is 0. The van der Waals surface area contributed by atoms with E-state index in [1.54, 1.807) is 11.9 Å². The molecule has 4 rings (SSSR count). The maximum Gasteiger partial charge on any atom is 0.410 e. The summed E-state index contributed by atoms with van der Waals surface area (Å²) in [6, 6.07) is 1.22. The van der Waals surface area contributed by atoms with Gasteiger partial charge >= 0.3 is 12.1 Å². The number of hydrogen-bond acceptors (Lipinski definition) is 6. The standard InChI is InChI=1S/C19H28N4O5/c1-18(2,3)27-17(25)21(4)8-5-12-9-13(20-28-12)14-10-19(6-7-19)15-11-22(14)16(24)23(15)26/h9,14-15,26H,5-8,10-11H2,1-4H3/t14-,15-/m0/s1. The zero-order chi connectivity index (χ0) is 20.3. The van der Waals surface area contributed by atoms with Gasteiger partial charge in [-0.15, -0.1) is 0 Å². The van der Waals surface area contributed by atoms with Crippen molar-refractivity contribution >= 4 is 12.1 Å². The van der Waals surface area contributed by atoms with Crippen molar-refractivity contribution in [2.24, 2.45) is 5.41 Å². The van der Waals surface area contributed by atoms with Gasteiger partial charge in [-0.1, -0.05) is 5.16 Å². The quantitative estimate of drug-likeness (QED) is 0.791. The molecule has 0 radical (unpaired) electrons. The second kappa shape index (κ2) is 6.37. The van der Waals surface area contributed by atoms with Crippen molar-refractivity contribution in [3.63, 3.8) is 0 Å². The van der Waals surface area contributed by atoms with E-state index in [1.807, 2.05) is 26.8 Å². The predicted octanol–water partition coefficient (Wildman–Crippen LogP) is 2.80. The van der Waals surface area contributed by atoms with Crippen molar-refractivity contribution < 1.29 is 24.1 Å². The second-order valence-corrected chi connectivity index (χ2v) is 9.25. The lowest BCUT2D eigenvalue weighted by Gasteiger charge is -2.35. The zero-order valence-electron chi connectivity index (χ0n) is 16.8. The molecule has 3 amide bonds. The molecule has 3 aliphatic rings. The maximum atomic E-state index is 12.4. The highest BCUT2D eigenvalue weighted by molar-refractivity contribution is 5.77. The Morgan fingerprint density at radius 3 is 2.82 bits per heavy atom. The number of amides is 3. The fourth-order valence-electron chi connectivity index (χ4n) is 4.23. The molecule has 28 heavy (non-hydrogen) atoms. The van der Waals surface area contributed by atoms with Crippen LogP contribution in [0.4, 0.5) is 9.59 Å². The van der Waals surface area contributed by atoms with Crippen LogP contribution >= 0.6 is 0 Å². The first kappa shape index (κ1) is 19.0. The van der Waals surface area contributed by atoms with Gasteiger partial charge in [-0.05, 0) is 45.4 Å². The third kappa shape index (κ3) is 3.32. The maximum absolute atomic E-state index is 12.4. The minimum atomic E-state index is -0.536. The Kier molecular flexibility index (Phi) is 4.33. The van der Waals surface area contributed by atoms with Crippen molar-refractivity contribution in [3.05, 3.63) is 17.5 Å². The van der Waals surface area contributed by atoms with E-state index in [2.05, 4.69) is 5.16 Å². The smallest absolute Gasteiger partial charge is 0.410 e. The predicted molar refractivity (Wildman–Crippen MR) is 97.6 cm³/mol. The number of aromatic nitrogens is 1. The van der Waals surface area contributed by atoms with Gasteiger partial charge in [0.05, 0.1) is 12.1 Å². The number of urea groups is 1. The minimum absolute atomic E-state index is 0.0120. The number of fused-ring (bicyclic) bond motifs is 3. The molecular weight excluding hydrogens is 364 g/mol. The van der Waals surface area contributed by atoms with Gasteiger partial charge in [0.1, 0.15) is 17.1 Å². The van der Waals surface area contributed by atoms with Crippen LogP contribution in [0.25, 0.3) is 0 Å². The SMILES string of the molecule is CN(CCc1cc([C@@H]2CC3(CC3)[C@@H]3CN2C(=O)N3O)no1)C(=O)OC(C)(C)C. The Balaban J connectivity index is 1.40. The molecule has 1 spiro atoms. The molecule has 2 atom stereocenters. The fraction of sp³-hybridized carbons (Fsp3) is 0.737. The fourth-order valence-corrected chi connectivity index (χ4v) is 4.23. The first-order chi connectivity index (χ1) is 13.1. The second-order valence-electron chi connectivity index (χ2n) is 9.25. The molecule has 2 aliphatic heterocycles. The number of hydroxylamine groups is 2. The number of rotatable bonds is 4. The van der Waals surface area contributed by atoms with Crippen molar-refractivity contribution in [2.45, 2.75) is 64.1 Å². The number of ether oxygens (including phenoxy) is 1. The lowest BCUT2D eigenvalue weighted by molar-refractivity contribution is -0.0782. The lowest BCUT2D eigenvalue weighted by Crippen LogP contribution is -2.41. The molecule has 154 valence electrons. The van der Waals surface area contributed by atoms with E-state index in [4.69, 9.17) is 9.26 Å². The summed E-state index contributed by atoms with van der Waals surface area (Å²) in [5.74, 6) is 0.657. The van der Waals surface area contributed by atoms with Crippen LogP contribution in [0.15, 0.2) is 10.6 Å².